The van der Waals surface area contributed by atoms with Gasteiger partial charge in [0.1, 0.15) is 50.9 Å². The van der Waals surface area contributed by atoms with Crippen molar-refractivity contribution in [3.8, 4) is 101 Å². The second-order valence-corrected chi connectivity index (χ2v) is 46.2. The maximum absolute atomic E-state index is 13.3. The van der Waals surface area contributed by atoms with E-state index in [4.69, 9.17) is 44.7 Å². The van der Waals surface area contributed by atoms with E-state index in [1.807, 2.05) is 188 Å². The summed E-state index contributed by atoms with van der Waals surface area (Å²) in [7, 11) is -10.7. The molecule has 1 aliphatic rings. The molecule has 1 aliphatic heterocycles. The monoisotopic (exact) mass is 1670 g/mol. The molecule has 14 aromatic carbocycles. The lowest BCUT2D eigenvalue weighted by Crippen LogP contribution is -2.41. The Bertz CT molecular complexity index is 7170. The topological polar surface area (TPSA) is 190 Å². The van der Waals surface area contributed by atoms with Gasteiger partial charge >= 0.3 is 7.12 Å². The molecule has 0 atom stereocenters. The van der Waals surface area contributed by atoms with Crippen molar-refractivity contribution in [3.05, 3.63) is 309 Å². The van der Waals surface area contributed by atoms with E-state index in [0.29, 0.717) is 29.1 Å². The maximum Gasteiger partial charge on any atom is 0.494 e. The summed E-state index contributed by atoms with van der Waals surface area (Å²) in [4.78, 5) is 28.0. The predicted octanol–water partition coefficient (Wildman–Crippen LogP) is 24.5. The number of para-hydroxylation sites is 2. The van der Waals surface area contributed by atoms with Crippen LogP contribution in [0.1, 0.15) is 27.7 Å². The van der Waals surface area contributed by atoms with Gasteiger partial charge in [0.15, 0.2) is 29.1 Å². The fourth-order valence-corrected chi connectivity index (χ4v) is 19.2. The van der Waals surface area contributed by atoms with Crippen LogP contribution in [0.25, 0.3) is 167 Å². The van der Waals surface area contributed by atoms with Crippen LogP contribution in [0.2, 0.25) is 5.28 Å². The van der Waals surface area contributed by atoms with E-state index in [1.165, 1.54) is 0 Å². The summed E-state index contributed by atoms with van der Waals surface area (Å²) in [5.74, 6) is 2.79. The predicted molar refractivity (Wildman–Crippen MR) is 502 cm³/mol. The molecule has 14 nitrogen and oxygen atoms in total. The van der Waals surface area contributed by atoms with Crippen LogP contribution in [-0.4, -0.2) is 102 Å². The summed E-state index contributed by atoms with van der Waals surface area (Å²) in [6.07, 6.45) is 0. The van der Waals surface area contributed by atoms with Gasteiger partial charge in [0.25, 0.3) is 0 Å². The number of nitrogens with zero attached hydrogens (tertiary/aromatic N) is 6. The Morgan fingerprint density at radius 2 is 0.525 bits per heavy atom. The van der Waals surface area contributed by atoms with Gasteiger partial charge in [-0.25, -0.2) is 19.9 Å². The first-order valence-electron chi connectivity index (χ1n) is 39.6. The Balaban J connectivity index is 0.000000137. The summed E-state index contributed by atoms with van der Waals surface area (Å²) in [5.41, 5.74) is 16.1. The maximum atomic E-state index is 13.3. The molecular formula is C100H86BClN6O8P4. The lowest BCUT2D eigenvalue weighted by atomic mass is 9.78. The van der Waals surface area contributed by atoms with Gasteiger partial charge < -0.3 is 36.4 Å². The van der Waals surface area contributed by atoms with Gasteiger partial charge in [-0.05, 0) is 237 Å². The Labute approximate surface area is 703 Å². The second-order valence-electron chi connectivity index (χ2n) is 33.0. The lowest BCUT2D eigenvalue weighted by Gasteiger charge is -2.32. The first kappa shape index (κ1) is 80.8. The van der Waals surface area contributed by atoms with E-state index in [-0.39, 0.29) is 16.5 Å². The van der Waals surface area contributed by atoms with Crippen molar-refractivity contribution in [1.29, 1.82) is 0 Å². The molecule has 594 valence electrons. The molecule has 19 rings (SSSR count). The Morgan fingerprint density at radius 1 is 0.258 bits per heavy atom. The molecule has 0 bridgehead atoms. The molecule has 1 saturated heterocycles. The number of hydrogen-bond acceptors (Lipinski definition) is 14. The van der Waals surface area contributed by atoms with Crippen molar-refractivity contribution in [2.45, 2.75) is 38.9 Å². The van der Waals surface area contributed by atoms with Crippen LogP contribution in [0.3, 0.4) is 0 Å². The number of furan rings is 2. The van der Waals surface area contributed by atoms with Crippen LogP contribution in [0.4, 0.5) is 0 Å². The molecule has 5 heterocycles. The summed E-state index contributed by atoms with van der Waals surface area (Å²) in [6, 6.07) is 101. The van der Waals surface area contributed by atoms with Crippen molar-refractivity contribution < 1.29 is 36.4 Å². The van der Waals surface area contributed by atoms with Crippen molar-refractivity contribution >= 4 is 139 Å². The summed E-state index contributed by atoms with van der Waals surface area (Å²) < 4.78 is 77.3. The van der Waals surface area contributed by atoms with Crippen molar-refractivity contribution in [3.63, 3.8) is 0 Å². The number of fused-ring (bicyclic) bond motifs is 8. The molecule has 120 heavy (non-hydrogen) atoms. The van der Waals surface area contributed by atoms with Crippen LogP contribution in [-0.2, 0) is 27.6 Å². The minimum absolute atomic E-state index is 0.165. The van der Waals surface area contributed by atoms with E-state index in [9.17, 15) is 18.3 Å². The van der Waals surface area contributed by atoms with Crippen LogP contribution in [0.5, 0.6) is 0 Å². The molecule has 0 aliphatic carbocycles. The molecule has 0 saturated carbocycles. The average molecular weight is 1670 g/mol. The smallest absolute Gasteiger partial charge is 0.456 e. The van der Waals surface area contributed by atoms with Gasteiger partial charge in [-0.3, -0.25) is 0 Å². The third-order valence-corrected chi connectivity index (χ3v) is 28.7. The zero-order valence-electron chi connectivity index (χ0n) is 68.6. The molecule has 0 amide bonds. The van der Waals surface area contributed by atoms with E-state index in [0.717, 1.165) is 164 Å². The average Bonchev–Trinajstić information content (AvgIpc) is 0.906. The van der Waals surface area contributed by atoms with Crippen LogP contribution in [0.15, 0.2) is 312 Å². The standard InChI is InChI=1S/C47H37N3O3P2.C32H37BO4P2.C21H12ClN3O/c1-54(2,51)35-26-34(27-36(29-35)55(3,4)52)38-25-24-37(39-14-8-9-15-40(38)39)30-18-20-32(21-19-30)46-48-45(31-12-6-5-7-13-31)49-47(50-46)33-22-23-42-41-16-10-11-17-43(41)53-44(42)28-33;1-31(2)32(3,4)37-33(36-31)24-15-13-22(14-16-24)27-17-18-28(30-12-10-9-11-29(27)30)23-19-25(38(5,6)34)21-26(20-23)39(7,8)35;22-21-24-19(13-6-2-1-3-7-13)23-20(25-21)14-10-11-16-15-8-4-5-9-17(15)26-18(16)12-14/h5-29H,1-4H3;9-21H,1-8H3;1-12H. The Hall–Kier alpha value is -11.6. The largest absolute Gasteiger partial charge is 0.494 e. The minimum atomic E-state index is -2.61. The van der Waals surface area contributed by atoms with Gasteiger partial charge in [0.2, 0.25) is 5.28 Å². The molecule has 1 fully saturated rings. The molecule has 0 spiro atoms. The highest BCUT2D eigenvalue weighted by molar-refractivity contribution is 7.72. The zero-order chi connectivity index (χ0) is 83.8. The first-order valence-corrected chi connectivity index (χ1v) is 50.4. The van der Waals surface area contributed by atoms with Gasteiger partial charge in [0, 0.05) is 70.6 Å². The quantitative estimate of drug-likeness (QED) is 0.0738. The third-order valence-electron chi connectivity index (χ3n) is 22.5. The fraction of sp³-hybridized carbons (Fsp3) is 0.140. The van der Waals surface area contributed by atoms with E-state index in [2.05, 4.69) is 158 Å². The Kier molecular flexibility index (Phi) is 21.5. The molecular weight excluding hydrogens is 1580 g/mol. The van der Waals surface area contributed by atoms with Gasteiger partial charge in [-0.15, -0.1) is 0 Å². The fourth-order valence-electron chi connectivity index (χ4n) is 15.2. The normalized spacial score (nSPS) is 13.6. The Morgan fingerprint density at radius 3 is 0.883 bits per heavy atom. The molecule has 0 unspecified atom stereocenters. The highest BCUT2D eigenvalue weighted by Gasteiger charge is 2.51. The molecule has 18 aromatic rings. The number of benzene rings is 14. The van der Waals surface area contributed by atoms with E-state index in [1.54, 1.807) is 53.3 Å². The van der Waals surface area contributed by atoms with Crippen molar-refractivity contribution in [2.75, 3.05) is 53.3 Å². The zero-order valence-corrected chi connectivity index (χ0v) is 72.9. The third kappa shape index (κ3) is 16.5. The number of rotatable bonds is 14. The summed E-state index contributed by atoms with van der Waals surface area (Å²) >= 11 is 6.15. The first-order chi connectivity index (χ1) is 57.3. The summed E-state index contributed by atoms with van der Waals surface area (Å²) in [6.45, 7) is 22.4. The minimum Gasteiger partial charge on any atom is -0.456 e. The molecule has 4 aromatic heterocycles. The molecule has 0 N–H and O–H groups in total. The van der Waals surface area contributed by atoms with Crippen molar-refractivity contribution in [2.24, 2.45) is 0 Å². The van der Waals surface area contributed by atoms with Crippen LogP contribution >= 0.6 is 40.2 Å². The summed E-state index contributed by atoms with van der Waals surface area (Å²) in [5, 5.41) is 11.8. The molecule has 0 radical (unpaired) electrons. The molecule has 20 heteroatoms. The van der Waals surface area contributed by atoms with Gasteiger partial charge in [-0.1, -0.05) is 231 Å². The number of aromatic nitrogens is 6. The van der Waals surface area contributed by atoms with Crippen LogP contribution in [0, 0.1) is 0 Å². The van der Waals surface area contributed by atoms with Gasteiger partial charge in [0.05, 0.1) is 11.2 Å². The lowest BCUT2D eigenvalue weighted by molar-refractivity contribution is 0.00578. The highest BCUT2D eigenvalue weighted by Crippen LogP contribution is 2.47. The second kappa shape index (κ2) is 31.9. The van der Waals surface area contributed by atoms with Crippen LogP contribution < -0.4 is 26.7 Å². The highest BCUT2D eigenvalue weighted by atomic mass is 35.5. The number of hydrogen-bond donors (Lipinski definition) is 0. The number of halogens is 1. The van der Waals surface area contributed by atoms with Crippen molar-refractivity contribution in [1.82, 2.24) is 29.9 Å². The van der Waals surface area contributed by atoms with E-state index < -0.39 is 35.7 Å². The van der Waals surface area contributed by atoms with E-state index >= 15 is 0 Å². The SMILES string of the molecule is CC1(C)OB(c2ccc(-c3ccc(-c4cc(P(C)(C)=O)cc(P(C)(C)=O)c4)c4ccccc34)cc2)OC1(C)C.CP(C)(=O)c1cc(-c2ccc(-c3ccc(-c4nc(-c5ccccc5)nc(-c5ccc6c(c5)oc5ccccc56)n4)cc3)c3ccccc23)cc(P(C)(C)=O)c1.Clc1nc(-c2ccccc2)nc(-c2ccc3c(c2)oc2ccccc23)n1. The van der Waals surface area contributed by atoms with Gasteiger partial charge in [-0.2, -0.15) is 9.97 Å².